The van der Waals surface area contributed by atoms with Crippen molar-refractivity contribution in [3.05, 3.63) is 17.0 Å². The van der Waals surface area contributed by atoms with E-state index in [1.165, 1.54) is 0 Å². The van der Waals surface area contributed by atoms with Crippen LogP contribution in [-0.2, 0) is 6.42 Å². The van der Waals surface area contributed by atoms with Crippen molar-refractivity contribution in [1.82, 2.24) is 5.16 Å². The average molecular weight is 224 g/mol. The van der Waals surface area contributed by atoms with Crippen molar-refractivity contribution in [2.24, 2.45) is 0 Å². The van der Waals surface area contributed by atoms with Crippen molar-refractivity contribution in [2.75, 3.05) is 12.8 Å². The van der Waals surface area contributed by atoms with Gasteiger partial charge in [-0.1, -0.05) is 12.1 Å². The molecule has 0 saturated heterocycles. The maximum atomic E-state index is 5.67. The van der Waals surface area contributed by atoms with Crippen LogP contribution in [0.1, 0.15) is 12.5 Å². The summed E-state index contributed by atoms with van der Waals surface area (Å²) in [6.45, 7) is 2.03. The molecule has 15 heavy (non-hydrogen) atoms. The van der Waals surface area contributed by atoms with Gasteiger partial charge in [0.1, 0.15) is 11.4 Å². The molecule has 0 amide bonds. The lowest BCUT2D eigenvalue weighted by Crippen LogP contribution is -1.88. The van der Waals surface area contributed by atoms with E-state index in [-0.39, 0.29) is 0 Å². The number of rotatable bonds is 3. The van der Waals surface area contributed by atoms with Gasteiger partial charge in [0.05, 0.1) is 12.0 Å². The molecule has 2 N–H and O–H groups in total. The van der Waals surface area contributed by atoms with Crippen LogP contribution in [0.15, 0.2) is 16.0 Å². The van der Waals surface area contributed by atoms with Gasteiger partial charge in [0.2, 0.25) is 5.88 Å². The summed E-state index contributed by atoms with van der Waals surface area (Å²) >= 11 is 1.57. The number of aromatic nitrogens is 1. The van der Waals surface area contributed by atoms with E-state index in [1.807, 2.05) is 18.4 Å². The molecule has 0 spiro atoms. The van der Waals surface area contributed by atoms with Gasteiger partial charge in [-0.25, -0.2) is 0 Å². The first-order valence-electron chi connectivity index (χ1n) is 4.63. The van der Waals surface area contributed by atoms with Crippen molar-refractivity contribution < 1.29 is 9.26 Å². The van der Waals surface area contributed by atoms with Gasteiger partial charge in [0.15, 0.2) is 0 Å². The summed E-state index contributed by atoms with van der Waals surface area (Å²) in [6.07, 6.45) is 0.810. The first-order valence-corrected chi connectivity index (χ1v) is 5.51. The molecule has 0 aliphatic rings. The predicted molar refractivity (Wildman–Crippen MR) is 60.2 cm³/mol. The lowest BCUT2D eigenvalue weighted by atomic mass is 10.1. The van der Waals surface area contributed by atoms with Crippen molar-refractivity contribution >= 4 is 17.2 Å². The Kier molecular flexibility index (Phi) is 2.64. The Balaban J connectivity index is 2.44. The molecular formula is C10H12N2O2S. The smallest absolute Gasteiger partial charge is 0.225 e. The molecule has 0 fully saturated rings. The zero-order valence-corrected chi connectivity index (χ0v) is 9.43. The third-order valence-corrected chi connectivity index (χ3v) is 3.13. The number of nitrogen functional groups attached to an aromatic ring is 1. The van der Waals surface area contributed by atoms with E-state index < -0.39 is 0 Å². The monoisotopic (exact) mass is 224 g/mol. The molecule has 0 unspecified atom stereocenters. The SMILES string of the molecule is CCc1c(-c2cc(OC)cs2)noc1N. The van der Waals surface area contributed by atoms with Gasteiger partial charge in [-0.05, 0) is 6.42 Å². The van der Waals surface area contributed by atoms with E-state index in [0.717, 1.165) is 28.3 Å². The molecule has 80 valence electrons. The second kappa shape index (κ2) is 3.94. The fourth-order valence-corrected chi connectivity index (χ4v) is 2.27. The third kappa shape index (κ3) is 1.70. The second-order valence-corrected chi connectivity index (χ2v) is 3.99. The summed E-state index contributed by atoms with van der Waals surface area (Å²) in [6, 6.07) is 1.93. The Morgan fingerprint density at radius 3 is 3.00 bits per heavy atom. The van der Waals surface area contributed by atoms with Crippen LogP contribution in [0, 0.1) is 0 Å². The number of methoxy groups -OCH3 is 1. The number of nitrogens with zero attached hydrogens (tertiary/aromatic N) is 1. The number of hydrogen-bond donors (Lipinski definition) is 1. The minimum absolute atomic E-state index is 0.403. The molecule has 0 aliphatic heterocycles. The molecular weight excluding hydrogens is 212 g/mol. The summed E-state index contributed by atoms with van der Waals surface area (Å²) in [5.41, 5.74) is 7.45. The van der Waals surface area contributed by atoms with E-state index in [4.69, 9.17) is 15.0 Å². The topological polar surface area (TPSA) is 61.3 Å². The molecule has 0 aromatic carbocycles. The molecule has 0 atom stereocenters. The molecule has 0 saturated carbocycles. The van der Waals surface area contributed by atoms with Gasteiger partial charge in [-0.3, -0.25) is 0 Å². The van der Waals surface area contributed by atoms with Crippen LogP contribution in [0.4, 0.5) is 5.88 Å². The molecule has 2 heterocycles. The summed E-state index contributed by atoms with van der Waals surface area (Å²) in [4.78, 5) is 1.02. The van der Waals surface area contributed by atoms with Crippen molar-refractivity contribution in [3.8, 4) is 16.3 Å². The molecule has 2 rings (SSSR count). The van der Waals surface area contributed by atoms with Gasteiger partial charge in [-0.2, -0.15) is 0 Å². The highest BCUT2D eigenvalue weighted by atomic mass is 32.1. The summed E-state index contributed by atoms with van der Waals surface area (Å²) in [5, 5.41) is 5.89. The van der Waals surface area contributed by atoms with Gasteiger partial charge < -0.3 is 15.0 Å². The molecule has 2 aromatic heterocycles. The largest absolute Gasteiger partial charge is 0.496 e. The van der Waals surface area contributed by atoms with Crippen molar-refractivity contribution in [2.45, 2.75) is 13.3 Å². The van der Waals surface area contributed by atoms with Crippen LogP contribution >= 0.6 is 11.3 Å². The van der Waals surface area contributed by atoms with Crippen molar-refractivity contribution in [3.63, 3.8) is 0 Å². The summed E-state index contributed by atoms with van der Waals surface area (Å²) < 4.78 is 10.1. The normalized spacial score (nSPS) is 10.5. The maximum absolute atomic E-state index is 5.67. The van der Waals surface area contributed by atoms with Crippen LogP contribution < -0.4 is 10.5 Å². The van der Waals surface area contributed by atoms with E-state index >= 15 is 0 Å². The Hall–Kier alpha value is -1.49. The highest BCUT2D eigenvalue weighted by Crippen LogP contribution is 2.34. The molecule has 2 aromatic rings. The Morgan fingerprint density at radius 2 is 2.40 bits per heavy atom. The number of hydrogen-bond acceptors (Lipinski definition) is 5. The highest BCUT2D eigenvalue weighted by molar-refractivity contribution is 7.13. The van der Waals surface area contributed by atoms with Crippen LogP contribution in [-0.4, -0.2) is 12.3 Å². The van der Waals surface area contributed by atoms with E-state index in [2.05, 4.69) is 5.16 Å². The van der Waals surface area contributed by atoms with E-state index in [1.54, 1.807) is 18.4 Å². The summed E-state index contributed by atoms with van der Waals surface area (Å²) in [7, 11) is 1.64. The molecule has 0 aliphatic carbocycles. The Labute approximate surface area is 91.6 Å². The standard InChI is InChI=1S/C10H12N2O2S/c1-3-7-9(12-14-10(7)11)8-4-6(13-2)5-15-8/h4-5H,3,11H2,1-2H3. The quantitative estimate of drug-likeness (QED) is 0.870. The minimum atomic E-state index is 0.403. The fraction of sp³-hybridized carbons (Fsp3) is 0.300. The van der Waals surface area contributed by atoms with Crippen LogP contribution in [0.2, 0.25) is 0 Å². The summed E-state index contributed by atoms with van der Waals surface area (Å²) in [5.74, 6) is 1.23. The Bertz CT molecular complexity index is 462. The predicted octanol–water partition coefficient (Wildman–Crippen LogP) is 2.56. The first-order chi connectivity index (χ1) is 7.26. The fourth-order valence-electron chi connectivity index (χ4n) is 1.41. The average Bonchev–Trinajstić information content (AvgIpc) is 2.83. The molecule has 4 nitrogen and oxygen atoms in total. The zero-order chi connectivity index (χ0) is 10.8. The van der Waals surface area contributed by atoms with Crippen LogP contribution in [0.5, 0.6) is 5.75 Å². The lowest BCUT2D eigenvalue weighted by Gasteiger charge is -1.94. The van der Waals surface area contributed by atoms with E-state index in [9.17, 15) is 0 Å². The molecule has 0 radical (unpaired) electrons. The number of thiophene rings is 1. The maximum Gasteiger partial charge on any atom is 0.225 e. The Morgan fingerprint density at radius 1 is 1.60 bits per heavy atom. The molecule has 5 heteroatoms. The third-order valence-electron chi connectivity index (χ3n) is 2.22. The highest BCUT2D eigenvalue weighted by Gasteiger charge is 2.15. The van der Waals surface area contributed by atoms with Crippen LogP contribution in [0.3, 0.4) is 0 Å². The van der Waals surface area contributed by atoms with Gasteiger partial charge in [0, 0.05) is 17.0 Å². The number of ether oxygens (including phenoxy) is 1. The van der Waals surface area contributed by atoms with Crippen LogP contribution in [0.25, 0.3) is 10.6 Å². The van der Waals surface area contributed by atoms with E-state index in [0.29, 0.717) is 5.88 Å². The number of anilines is 1. The minimum Gasteiger partial charge on any atom is -0.496 e. The van der Waals surface area contributed by atoms with Gasteiger partial charge in [-0.15, -0.1) is 11.3 Å². The van der Waals surface area contributed by atoms with Crippen molar-refractivity contribution in [1.29, 1.82) is 0 Å². The first kappa shape index (κ1) is 10.0. The second-order valence-electron chi connectivity index (χ2n) is 3.08. The zero-order valence-electron chi connectivity index (χ0n) is 8.61. The lowest BCUT2D eigenvalue weighted by molar-refractivity contribution is 0.416. The van der Waals surface area contributed by atoms with Gasteiger partial charge >= 0.3 is 0 Å². The van der Waals surface area contributed by atoms with Gasteiger partial charge in [0.25, 0.3) is 0 Å². The molecule has 0 bridgehead atoms. The number of nitrogens with two attached hydrogens (primary N) is 1.